The van der Waals surface area contributed by atoms with Crippen molar-refractivity contribution in [3.8, 4) is 11.4 Å². The van der Waals surface area contributed by atoms with Crippen LogP contribution < -0.4 is 4.74 Å². The Morgan fingerprint density at radius 3 is 2.67 bits per heavy atom. The van der Waals surface area contributed by atoms with Gasteiger partial charge in [0.05, 0.1) is 24.0 Å². The summed E-state index contributed by atoms with van der Waals surface area (Å²) in [5.74, 6) is 1.98. The van der Waals surface area contributed by atoms with E-state index in [0.717, 1.165) is 33.9 Å². The molecule has 0 saturated heterocycles. The second-order valence-electron chi connectivity index (χ2n) is 4.78. The predicted molar refractivity (Wildman–Crippen MR) is 86.9 cm³/mol. The minimum Gasteiger partial charge on any atom is -0.496 e. The van der Waals surface area contributed by atoms with Crippen LogP contribution in [0.5, 0.6) is 5.75 Å². The van der Waals surface area contributed by atoms with E-state index in [1.165, 1.54) is 0 Å². The van der Waals surface area contributed by atoms with Crippen molar-refractivity contribution in [2.75, 3.05) is 7.11 Å². The zero-order valence-electron chi connectivity index (χ0n) is 11.7. The molecular weight excluding hydrogens is 307 g/mol. The number of benzene rings is 2. The molecule has 0 aliphatic carbocycles. The zero-order chi connectivity index (χ0) is 15.0. The first kappa shape index (κ1) is 14.2. The number of hydrogen-bond donors (Lipinski definition) is 0. The summed E-state index contributed by atoms with van der Waals surface area (Å²) in [6.07, 6.45) is 0. The Labute approximate surface area is 133 Å². The first-order valence-corrected chi connectivity index (χ1v) is 7.43. The molecule has 1 heterocycles. The van der Waals surface area contributed by atoms with Gasteiger partial charge in [-0.05, 0) is 48.9 Å². The van der Waals surface area contributed by atoms with Crippen LogP contribution in [0, 0.1) is 6.92 Å². The number of rotatable bonds is 3. The normalized spacial score (nSPS) is 11.0. The molecule has 0 spiro atoms. The summed E-state index contributed by atoms with van der Waals surface area (Å²) in [5.41, 5.74) is 3.87. The van der Waals surface area contributed by atoms with Crippen molar-refractivity contribution in [2.45, 2.75) is 12.8 Å². The number of imidazole rings is 1. The predicted octanol–water partition coefficient (Wildman–Crippen LogP) is 4.73. The van der Waals surface area contributed by atoms with E-state index in [2.05, 4.69) is 11.1 Å². The third-order valence-corrected chi connectivity index (χ3v) is 3.92. The lowest BCUT2D eigenvalue weighted by molar-refractivity contribution is 0.411. The summed E-state index contributed by atoms with van der Waals surface area (Å²) in [7, 11) is 1.67. The molecule has 0 saturated carbocycles. The third-order valence-electron chi connectivity index (χ3n) is 3.44. The number of halogens is 2. The Kier molecular flexibility index (Phi) is 3.79. The van der Waals surface area contributed by atoms with Crippen LogP contribution in [0.4, 0.5) is 0 Å². The molecule has 0 unspecified atom stereocenters. The highest BCUT2D eigenvalue weighted by Gasteiger charge is 2.13. The molecule has 2 aromatic carbocycles. The minimum atomic E-state index is 0.331. The molecule has 0 amide bonds. The van der Waals surface area contributed by atoms with Crippen LogP contribution in [-0.4, -0.2) is 16.7 Å². The van der Waals surface area contributed by atoms with Gasteiger partial charge in [0.1, 0.15) is 11.6 Å². The fourth-order valence-electron chi connectivity index (χ4n) is 2.48. The summed E-state index contributed by atoms with van der Waals surface area (Å²) < 4.78 is 7.34. The smallest absolute Gasteiger partial charge is 0.129 e. The number of aromatic nitrogens is 2. The van der Waals surface area contributed by atoms with Crippen LogP contribution in [0.1, 0.15) is 11.4 Å². The van der Waals surface area contributed by atoms with Crippen LogP contribution in [0.15, 0.2) is 36.4 Å². The average molecular weight is 321 g/mol. The number of methoxy groups -OCH3 is 1. The fourth-order valence-corrected chi connectivity index (χ4v) is 2.82. The van der Waals surface area contributed by atoms with Gasteiger partial charge in [-0.2, -0.15) is 0 Å². The van der Waals surface area contributed by atoms with Crippen LogP contribution >= 0.6 is 23.2 Å². The molecule has 0 aliphatic rings. The summed E-state index contributed by atoms with van der Waals surface area (Å²) in [4.78, 5) is 4.56. The highest BCUT2D eigenvalue weighted by Crippen LogP contribution is 2.28. The zero-order valence-corrected chi connectivity index (χ0v) is 13.2. The van der Waals surface area contributed by atoms with Gasteiger partial charge < -0.3 is 4.74 Å². The van der Waals surface area contributed by atoms with E-state index in [1.54, 1.807) is 7.11 Å². The highest BCUT2D eigenvalue weighted by molar-refractivity contribution is 6.31. The standard InChI is InChI=1S/C16H14Cl2N2O/c1-10-7-12(4-6-15(10)21-2)20-14-8-11(18)3-5-13(14)19-16(20)9-17/h3-8H,9H2,1-2H3. The van der Waals surface area contributed by atoms with Crippen molar-refractivity contribution >= 4 is 34.2 Å². The van der Waals surface area contributed by atoms with E-state index >= 15 is 0 Å². The van der Waals surface area contributed by atoms with Gasteiger partial charge in [0, 0.05) is 10.7 Å². The Morgan fingerprint density at radius 1 is 1.19 bits per heavy atom. The van der Waals surface area contributed by atoms with Gasteiger partial charge in [0.2, 0.25) is 0 Å². The second kappa shape index (κ2) is 5.58. The van der Waals surface area contributed by atoms with E-state index < -0.39 is 0 Å². The third kappa shape index (κ3) is 2.47. The van der Waals surface area contributed by atoms with Gasteiger partial charge in [-0.3, -0.25) is 4.57 Å². The summed E-state index contributed by atoms with van der Waals surface area (Å²) in [5, 5.41) is 0.676. The molecule has 108 valence electrons. The molecule has 21 heavy (non-hydrogen) atoms. The van der Waals surface area contributed by atoms with Crippen molar-refractivity contribution in [3.63, 3.8) is 0 Å². The maximum absolute atomic E-state index is 6.12. The van der Waals surface area contributed by atoms with Crippen molar-refractivity contribution in [1.29, 1.82) is 0 Å². The maximum Gasteiger partial charge on any atom is 0.129 e. The minimum absolute atomic E-state index is 0.331. The van der Waals surface area contributed by atoms with Gasteiger partial charge in [-0.25, -0.2) is 4.98 Å². The van der Waals surface area contributed by atoms with Gasteiger partial charge in [0.25, 0.3) is 0 Å². The quantitative estimate of drug-likeness (QED) is 0.652. The molecular formula is C16H14Cl2N2O. The number of nitrogens with zero attached hydrogens (tertiary/aromatic N) is 2. The van der Waals surface area contributed by atoms with E-state index in [-0.39, 0.29) is 0 Å². The van der Waals surface area contributed by atoms with Crippen LogP contribution in [0.3, 0.4) is 0 Å². The van der Waals surface area contributed by atoms with Crippen LogP contribution in [-0.2, 0) is 5.88 Å². The Bertz CT molecular complexity index is 811. The molecule has 3 nitrogen and oxygen atoms in total. The molecule has 5 heteroatoms. The molecule has 0 N–H and O–H groups in total. The van der Waals surface area contributed by atoms with E-state index in [9.17, 15) is 0 Å². The van der Waals surface area contributed by atoms with Gasteiger partial charge >= 0.3 is 0 Å². The number of ether oxygens (including phenoxy) is 1. The topological polar surface area (TPSA) is 27.1 Å². The molecule has 1 aromatic heterocycles. The molecule has 0 radical (unpaired) electrons. The van der Waals surface area contributed by atoms with E-state index in [4.69, 9.17) is 27.9 Å². The molecule has 0 fully saturated rings. The number of aryl methyl sites for hydroxylation is 1. The summed E-state index contributed by atoms with van der Waals surface area (Å²) in [6, 6.07) is 11.6. The number of hydrogen-bond acceptors (Lipinski definition) is 2. The lowest BCUT2D eigenvalue weighted by atomic mass is 10.2. The lowest BCUT2D eigenvalue weighted by Crippen LogP contribution is -2.00. The SMILES string of the molecule is COc1ccc(-n2c(CCl)nc3ccc(Cl)cc32)cc1C. The monoisotopic (exact) mass is 320 g/mol. The second-order valence-corrected chi connectivity index (χ2v) is 5.49. The van der Waals surface area contributed by atoms with Crippen molar-refractivity contribution in [2.24, 2.45) is 0 Å². The highest BCUT2D eigenvalue weighted by atomic mass is 35.5. The molecule has 0 aliphatic heterocycles. The first-order valence-electron chi connectivity index (χ1n) is 6.52. The largest absolute Gasteiger partial charge is 0.496 e. The average Bonchev–Trinajstić information content (AvgIpc) is 2.84. The molecule has 3 rings (SSSR count). The van der Waals surface area contributed by atoms with Crippen LogP contribution in [0.2, 0.25) is 5.02 Å². The number of fused-ring (bicyclic) bond motifs is 1. The first-order chi connectivity index (χ1) is 10.1. The Balaban J connectivity index is 2.27. The van der Waals surface area contributed by atoms with E-state index in [0.29, 0.717) is 10.9 Å². The fraction of sp³-hybridized carbons (Fsp3) is 0.188. The van der Waals surface area contributed by atoms with Gasteiger partial charge in [-0.15, -0.1) is 11.6 Å². The maximum atomic E-state index is 6.12. The van der Waals surface area contributed by atoms with Crippen molar-refractivity contribution in [1.82, 2.24) is 9.55 Å². The summed E-state index contributed by atoms with van der Waals surface area (Å²) in [6.45, 7) is 2.01. The van der Waals surface area contributed by atoms with Crippen LogP contribution in [0.25, 0.3) is 16.7 Å². The van der Waals surface area contributed by atoms with Gasteiger partial charge in [0.15, 0.2) is 0 Å². The molecule has 0 atom stereocenters. The number of alkyl halides is 1. The van der Waals surface area contributed by atoms with Crippen molar-refractivity contribution < 1.29 is 4.74 Å². The van der Waals surface area contributed by atoms with E-state index in [1.807, 2.05) is 41.8 Å². The summed E-state index contributed by atoms with van der Waals surface area (Å²) >= 11 is 12.2. The van der Waals surface area contributed by atoms with Crippen molar-refractivity contribution in [3.05, 3.63) is 52.8 Å². The van der Waals surface area contributed by atoms with Gasteiger partial charge in [-0.1, -0.05) is 11.6 Å². The molecule has 3 aromatic rings. The Hall–Kier alpha value is -1.71. The molecule has 0 bridgehead atoms. The lowest BCUT2D eigenvalue weighted by Gasteiger charge is -2.11. The Morgan fingerprint density at radius 2 is 2.00 bits per heavy atom.